The molecule has 0 amide bonds. The van der Waals surface area contributed by atoms with E-state index < -0.39 is 0 Å². The molecule has 0 bridgehead atoms. The molecule has 1 aromatic rings. The van der Waals surface area contributed by atoms with Crippen LogP contribution in [0.15, 0.2) is 48.8 Å². The van der Waals surface area contributed by atoms with Crippen molar-refractivity contribution in [2.75, 3.05) is 39.3 Å². The molecule has 2 saturated heterocycles. The van der Waals surface area contributed by atoms with Gasteiger partial charge in [0.25, 0.3) is 0 Å². The number of nitrogens with zero attached hydrogens (tertiary/aromatic N) is 2. The molecule has 0 spiro atoms. The Morgan fingerprint density at radius 3 is 1.34 bits per heavy atom. The Kier molecular flexibility index (Phi) is 8.55. The average molecular weight is 472 g/mol. The third kappa shape index (κ3) is 5.81. The molecule has 0 aliphatic carbocycles. The first-order valence-electron chi connectivity index (χ1n) is 11.7. The number of benzene rings is 1. The zero-order valence-electron chi connectivity index (χ0n) is 19.6. The zero-order valence-corrected chi connectivity index (χ0v) is 21.1. The smallest absolute Gasteiger partial charge is 0.145 e. The Morgan fingerprint density at radius 1 is 0.750 bits per heavy atom. The molecule has 4 heteroatoms. The van der Waals surface area contributed by atoms with Gasteiger partial charge in [-0.05, 0) is 63.1 Å². The van der Waals surface area contributed by atoms with Gasteiger partial charge in [-0.25, -0.2) is 0 Å². The second-order valence-corrected chi connectivity index (χ2v) is 10.6. The lowest BCUT2D eigenvalue weighted by atomic mass is 10.1. The van der Waals surface area contributed by atoms with Crippen LogP contribution in [0.2, 0.25) is 0 Å². The van der Waals surface area contributed by atoms with Gasteiger partial charge < -0.3 is 0 Å². The molecule has 2 atom stereocenters. The molecule has 2 aliphatic heterocycles. The summed E-state index contributed by atoms with van der Waals surface area (Å²) in [7, 11) is 0. The largest absolute Gasteiger partial charge is 0.284 e. The Bertz CT molecular complexity index is 860. The quantitative estimate of drug-likeness (QED) is 0.276. The molecule has 2 heterocycles. The van der Waals surface area contributed by atoms with Crippen molar-refractivity contribution < 1.29 is 8.97 Å². The van der Waals surface area contributed by atoms with Crippen molar-refractivity contribution in [1.82, 2.24) is 0 Å². The van der Waals surface area contributed by atoms with Gasteiger partial charge >= 0.3 is 0 Å². The summed E-state index contributed by atoms with van der Waals surface area (Å²) in [6.45, 7) is 18.5. The Morgan fingerprint density at radius 2 is 1.06 bits per heavy atom. The van der Waals surface area contributed by atoms with Gasteiger partial charge in [-0.1, -0.05) is 11.8 Å². The van der Waals surface area contributed by atoms with Crippen molar-refractivity contribution in [3.63, 3.8) is 0 Å². The molecule has 2 unspecified atom stereocenters. The number of rotatable bonds is 6. The monoisotopic (exact) mass is 470 g/mol. The highest BCUT2D eigenvalue weighted by atomic mass is 35.5. The molecule has 0 saturated carbocycles. The minimum atomic E-state index is -0.0282. The number of alkyl halides is 2. The number of quaternary nitrogens is 2. The minimum Gasteiger partial charge on any atom is -0.284 e. The summed E-state index contributed by atoms with van der Waals surface area (Å²) in [4.78, 5) is 0. The van der Waals surface area contributed by atoms with Crippen LogP contribution in [0.3, 0.4) is 0 Å². The fourth-order valence-corrected chi connectivity index (χ4v) is 5.37. The number of hydrogen-bond donors (Lipinski definition) is 0. The van der Waals surface area contributed by atoms with Crippen LogP contribution in [-0.4, -0.2) is 59.0 Å². The van der Waals surface area contributed by atoms with Gasteiger partial charge in [-0.2, -0.15) is 0 Å². The molecular formula is C28H36Cl2N2+2. The first kappa shape index (κ1) is 25.0. The third-order valence-corrected chi connectivity index (χ3v) is 7.60. The topological polar surface area (TPSA) is 0 Å². The van der Waals surface area contributed by atoms with Crippen LogP contribution < -0.4 is 0 Å². The van der Waals surface area contributed by atoms with E-state index in [9.17, 15) is 0 Å². The summed E-state index contributed by atoms with van der Waals surface area (Å²) in [5.74, 6) is 13.4. The first-order valence-corrected chi connectivity index (χ1v) is 12.6. The molecule has 0 aromatic heterocycles. The predicted octanol–water partition coefficient (Wildman–Crippen LogP) is 5.89. The maximum absolute atomic E-state index is 6.35. The summed E-state index contributed by atoms with van der Waals surface area (Å²) in [5, 5.41) is -0.0564. The van der Waals surface area contributed by atoms with Gasteiger partial charge in [0.05, 0.1) is 26.2 Å². The Hall–Kier alpha value is -1.68. The second-order valence-electron chi connectivity index (χ2n) is 9.31. The van der Waals surface area contributed by atoms with Gasteiger partial charge in [0.1, 0.15) is 35.2 Å². The summed E-state index contributed by atoms with van der Waals surface area (Å²) < 4.78 is 1.68. The molecule has 2 aliphatic rings. The first-order chi connectivity index (χ1) is 15.3. The van der Waals surface area contributed by atoms with E-state index in [-0.39, 0.29) is 10.8 Å². The normalized spacial score (nSPS) is 20.4. The van der Waals surface area contributed by atoms with Crippen LogP contribution in [0.5, 0.6) is 0 Å². The minimum absolute atomic E-state index is 0.0282. The van der Waals surface area contributed by atoms with E-state index in [0.717, 1.165) is 70.8 Å². The van der Waals surface area contributed by atoms with Crippen LogP contribution >= 0.6 is 23.2 Å². The lowest BCUT2D eigenvalue weighted by Crippen LogP contribution is -2.46. The summed E-state index contributed by atoms with van der Waals surface area (Å²) in [5.41, 5.74) is 4.22. The van der Waals surface area contributed by atoms with Crippen molar-refractivity contribution in [2.24, 2.45) is 0 Å². The van der Waals surface area contributed by atoms with Gasteiger partial charge in [-0.15, -0.1) is 23.2 Å². The number of hydrogen-bond acceptors (Lipinski definition) is 0. The van der Waals surface area contributed by atoms with E-state index in [1.54, 1.807) is 0 Å². The summed E-state index contributed by atoms with van der Waals surface area (Å²) in [6, 6.07) is 8.24. The molecule has 0 N–H and O–H groups in total. The standard InChI is InChI=1S/C28H36Cl2N2/c1-23(29)25(3)31(17-5-6-18-31)21-9-11-27-13-15-28(16-14-27)12-10-22-32(19-7-8-20-32)26(4)24(2)30/h13-16,23-24H,3-8,17-22H2,1-2H3/q+2. The fraction of sp³-hybridized carbons (Fsp3) is 0.500. The van der Waals surface area contributed by atoms with Crippen molar-refractivity contribution >= 4 is 23.2 Å². The van der Waals surface area contributed by atoms with Gasteiger partial charge in [-0.3, -0.25) is 8.97 Å². The van der Waals surface area contributed by atoms with E-state index in [0.29, 0.717) is 0 Å². The SMILES string of the molecule is C=C(C(C)Cl)[N+]1(CC#Cc2ccc(C#CC[N+]3(C(=C)C(C)Cl)CCCC3)cc2)CCCC1. The Labute approximate surface area is 205 Å². The van der Waals surface area contributed by atoms with Crippen LogP contribution in [0.4, 0.5) is 0 Å². The molecule has 170 valence electrons. The molecule has 3 rings (SSSR count). The zero-order chi connectivity index (χ0) is 23.2. The van der Waals surface area contributed by atoms with E-state index >= 15 is 0 Å². The van der Waals surface area contributed by atoms with E-state index in [1.165, 1.54) is 25.7 Å². The lowest BCUT2D eigenvalue weighted by Gasteiger charge is -2.34. The molecule has 0 radical (unpaired) electrons. The van der Waals surface area contributed by atoms with E-state index in [2.05, 4.69) is 61.1 Å². The van der Waals surface area contributed by atoms with E-state index in [4.69, 9.17) is 23.2 Å². The second kappa shape index (κ2) is 11.0. The fourth-order valence-electron chi connectivity index (χ4n) is 4.95. The van der Waals surface area contributed by atoms with E-state index in [1.807, 2.05) is 13.8 Å². The molecule has 2 fully saturated rings. The van der Waals surface area contributed by atoms with Crippen LogP contribution in [0.1, 0.15) is 50.7 Å². The Balaban J connectivity index is 1.63. The lowest BCUT2D eigenvalue weighted by molar-refractivity contribution is -0.873. The van der Waals surface area contributed by atoms with Crippen molar-refractivity contribution in [3.8, 4) is 23.7 Å². The van der Waals surface area contributed by atoms with Crippen LogP contribution in [0, 0.1) is 23.7 Å². The van der Waals surface area contributed by atoms with Crippen molar-refractivity contribution in [1.29, 1.82) is 0 Å². The average Bonchev–Trinajstić information content (AvgIpc) is 3.45. The van der Waals surface area contributed by atoms with Gasteiger partial charge in [0.15, 0.2) is 0 Å². The highest BCUT2D eigenvalue weighted by Gasteiger charge is 2.37. The van der Waals surface area contributed by atoms with Gasteiger partial charge in [0, 0.05) is 36.8 Å². The van der Waals surface area contributed by atoms with Gasteiger partial charge in [0.2, 0.25) is 0 Å². The molecule has 1 aromatic carbocycles. The van der Waals surface area contributed by atoms with Crippen LogP contribution in [-0.2, 0) is 0 Å². The highest BCUT2D eigenvalue weighted by molar-refractivity contribution is 6.22. The molecule has 32 heavy (non-hydrogen) atoms. The van der Waals surface area contributed by atoms with Crippen molar-refractivity contribution in [3.05, 3.63) is 59.9 Å². The number of allylic oxidation sites excluding steroid dienone is 2. The number of likely N-dealkylation sites (tertiary alicyclic amines) is 2. The molecule has 2 nitrogen and oxygen atoms in total. The summed E-state index contributed by atoms with van der Waals surface area (Å²) in [6.07, 6.45) is 4.87. The van der Waals surface area contributed by atoms with Crippen LogP contribution in [0.25, 0.3) is 0 Å². The predicted molar refractivity (Wildman–Crippen MR) is 137 cm³/mol. The summed E-state index contributed by atoms with van der Waals surface area (Å²) >= 11 is 12.7. The van der Waals surface area contributed by atoms with Crippen molar-refractivity contribution in [2.45, 2.75) is 50.3 Å². The maximum atomic E-state index is 6.35. The number of halogens is 2. The maximum Gasteiger partial charge on any atom is 0.145 e. The third-order valence-electron chi connectivity index (χ3n) is 7.10. The highest BCUT2D eigenvalue weighted by Crippen LogP contribution is 2.30. The molecular weight excluding hydrogens is 435 g/mol.